The zero-order valence-corrected chi connectivity index (χ0v) is 30.2. The van der Waals surface area contributed by atoms with Crippen LogP contribution in [0, 0.1) is 17.3 Å². The van der Waals surface area contributed by atoms with Crippen LogP contribution in [0.25, 0.3) is 6.08 Å². The fourth-order valence-electron chi connectivity index (χ4n) is 5.03. The van der Waals surface area contributed by atoms with Crippen LogP contribution >= 0.6 is 0 Å². The normalized spacial score (nSPS) is 18.7. The molecule has 0 aromatic heterocycles. The van der Waals surface area contributed by atoms with Crippen LogP contribution in [0.5, 0.6) is 17.2 Å². The summed E-state index contributed by atoms with van der Waals surface area (Å²) in [5.41, 5.74) is 0.536. The van der Waals surface area contributed by atoms with E-state index in [0.29, 0.717) is 49.4 Å². The summed E-state index contributed by atoms with van der Waals surface area (Å²) < 4.78 is 32.2. The number of benzene rings is 2. The molecule has 0 spiro atoms. The van der Waals surface area contributed by atoms with Gasteiger partial charge in [-0.25, -0.2) is 4.79 Å². The number of rotatable bonds is 18. The van der Waals surface area contributed by atoms with Gasteiger partial charge in [-0.1, -0.05) is 32.9 Å². The first-order valence-corrected chi connectivity index (χ1v) is 17.8. The standard InChI is InChI=1S/C27H34O6.C13H22O3/c1-4-21(2)27(29)32-20-8-6-5-7-19-31-24-12-9-22(10-13-24)11-18-26(28)33-25-16-14-23(30-3)15-17-25;1-4-13(2,3)12(14)15-8-9-5-6-10-11(7-9)16-10/h9-18,21H,4-8,19-20H2,1-3H3;9-11H,4-8H2,1-3H3/b18-11+;. The molecule has 2 aromatic rings. The Morgan fingerprint density at radius 1 is 0.857 bits per heavy atom. The summed E-state index contributed by atoms with van der Waals surface area (Å²) in [5.74, 6) is 1.83. The van der Waals surface area contributed by atoms with E-state index in [1.165, 1.54) is 6.08 Å². The van der Waals surface area contributed by atoms with Crippen molar-refractivity contribution in [2.45, 2.75) is 105 Å². The predicted octanol–water partition coefficient (Wildman–Crippen LogP) is 8.38. The van der Waals surface area contributed by atoms with E-state index >= 15 is 0 Å². The molecular formula is C40H56O9. The SMILES string of the molecule is CCC(C)(C)C(=O)OCC1CCC2OC2C1.CCC(C)C(=O)OCCCCCCOc1ccc(/C=C/C(=O)Oc2ccc(OC)cc2)cc1. The number of esters is 3. The van der Waals surface area contributed by atoms with Crippen molar-refractivity contribution in [2.24, 2.45) is 17.3 Å². The maximum atomic E-state index is 12.0. The minimum absolute atomic E-state index is 0.0199. The minimum Gasteiger partial charge on any atom is -0.497 e. The summed E-state index contributed by atoms with van der Waals surface area (Å²) in [6.07, 6.45) is 12.9. The molecular weight excluding hydrogens is 624 g/mol. The summed E-state index contributed by atoms with van der Waals surface area (Å²) in [6, 6.07) is 14.4. The van der Waals surface area contributed by atoms with Gasteiger partial charge in [0.25, 0.3) is 0 Å². The Morgan fingerprint density at radius 2 is 1.51 bits per heavy atom. The minimum atomic E-state index is -0.449. The number of carbonyl (C=O) groups excluding carboxylic acids is 3. The summed E-state index contributed by atoms with van der Waals surface area (Å²) in [5, 5.41) is 0. The van der Waals surface area contributed by atoms with Gasteiger partial charge in [0, 0.05) is 6.08 Å². The second kappa shape index (κ2) is 20.6. The molecule has 4 unspecified atom stereocenters. The lowest BCUT2D eigenvalue weighted by atomic mass is 9.89. The molecule has 1 aliphatic carbocycles. The summed E-state index contributed by atoms with van der Waals surface area (Å²) in [6.45, 7) is 11.5. The van der Waals surface area contributed by atoms with Crippen molar-refractivity contribution < 1.29 is 42.8 Å². The van der Waals surface area contributed by atoms with E-state index in [1.807, 2.05) is 58.9 Å². The smallest absolute Gasteiger partial charge is 0.336 e. The summed E-state index contributed by atoms with van der Waals surface area (Å²) in [7, 11) is 1.58. The number of carbonyl (C=O) groups is 3. The van der Waals surface area contributed by atoms with Gasteiger partial charge in [0.05, 0.1) is 50.5 Å². The first-order valence-electron chi connectivity index (χ1n) is 17.8. The van der Waals surface area contributed by atoms with Gasteiger partial charge in [-0.2, -0.15) is 0 Å². The molecule has 9 nitrogen and oxygen atoms in total. The molecule has 1 saturated carbocycles. The third-order valence-electron chi connectivity index (χ3n) is 9.14. The van der Waals surface area contributed by atoms with Crippen LogP contribution < -0.4 is 14.2 Å². The number of hydrogen-bond donors (Lipinski definition) is 0. The van der Waals surface area contributed by atoms with E-state index in [-0.39, 0.29) is 23.3 Å². The first kappa shape index (κ1) is 39.6. The molecule has 0 amide bonds. The van der Waals surface area contributed by atoms with Crippen LogP contribution in [-0.4, -0.2) is 57.0 Å². The van der Waals surface area contributed by atoms with Gasteiger partial charge >= 0.3 is 17.9 Å². The molecule has 0 bridgehead atoms. The Bertz CT molecular complexity index is 1320. The van der Waals surface area contributed by atoms with E-state index < -0.39 is 5.97 Å². The van der Waals surface area contributed by atoms with Gasteiger partial charge in [0.2, 0.25) is 0 Å². The van der Waals surface area contributed by atoms with Crippen LogP contribution in [-0.2, 0) is 28.6 Å². The molecule has 1 saturated heterocycles. The lowest BCUT2D eigenvalue weighted by Gasteiger charge is -2.24. The summed E-state index contributed by atoms with van der Waals surface area (Å²) in [4.78, 5) is 35.3. The highest BCUT2D eigenvalue weighted by atomic mass is 16.6. The predicted molar refractivity (Wildman–Crippen MR) is 190 cm³/mol. The zero-order valence-electron chi connectivity index (χ0n) is 30.2. The van der Waals surface area contributed by atoms with Gasteiger partial charge in [-0.15, -0.1) is 0 Å². The Kier molecular flexibility index (Phi) is 16.7. The van der Waals surface area contributed by atoms with Crippen molar-refractivity contribution >= 4 is 24.0 Å². The topological polar surface area (TPSA) is 110 Å². The van der Waals surface area contributed by atoms with Crippen molar-refractivity contribution in [1.29, 1.82) is 0 Å². The van der Waals surface area contributed by atoms with Gasteiger partial charge in [0.1, 0.15) is 17.2 Å². The maximum absolute atomic E-state index is 12.0. The molecule has 0 N–H and O–H groups in total. The van der Waals surface area contributed by atoms with E-state index in [2.05, 4.69) is 0 Å². The molecule has 9 heteroatoms. The average molecular weight is 681 g/mol. The lowest BCUT2D eigenvalue weighted by molar-refractivity contribution is -0.155. The lowest BCUT2D eigenvalue weighted by Crippen LogP contribution is -2.29. The molecule has 2 fully saturated rings. The first-order chi connectivity index (χ1) is 23.5. The second-order valence-corrected chi connectivity index (χ2v) is 13.5. The fraction of sp³-hybridized carbons (Fsp3) is 0.575. The van der Waals surface area contributed by atoms with Crippen LogP contribution in [0.3, 0.4) is 0 Å². The molecule has 4 rings (SSSR count). The molecule has 1 heterocycles. The molecule has 270 valence electrons. The second-order valence-electron chi connectivity index (χ2n) is 13.5. The number of epoxide rings is 1. The molecule has 1 aliphatic heterocycles. The summed E-state index contributed by atoms with van der Waals surface area (Å²) >= 11 is 0. The molecule has 2 aromatic carbocycles. The van der Waals surface area contributed by atoms with Crippen LogP contribution in [0.1, 0.15) is 98.0 Å². The van der Waals surface area contributed by atoms with Gasteiger partial charge < -0.3 is 28.4 Å². The Balaban J connectivity index is 0.000000337. The third-order valence-corrected chi connectivity index (χ3v) is 9.14. The van der Waals surface area contributed by atoms with Crippen molar-refractivity contribution in [2.75, 3.05) is 26.9 Å². The highest BCUT2D eigenvalue weighted by Gasteiger charge is 2.44. The zero-order chi connectivity index (χ0) is 35.6. The quantitative estimate of drug-likeness (QED) is 0.0504. The van der Waals surface area contributed by atoms with Gasteiger partial charge in [-0.05, 0) is 126 Å². The highest BCUT2D eigenvalue weighted by molar-refractivity contribution is 5.88. The number of ether oxygens (including phenoxy) is 6. The molecule has 4 atom stereocenters. The number of unbranched alkanes of at least 4 members (excludes halogenated alkanes) is 3. The van der Waals surface area contributed by atoms with Crippen LogP contribution in [0.4, 0.5) is 0 Å². The fourth-order valence-corrected chi connectivity index (χ4v) is 5.03. The Morgan fingerprint density at radius 3 is 2.14 bits per heavy atom. The van der Waals surface area contributed by atoms with E-state index in [4.69, 9.17) is 28.4 Å². The monoisotopic (exact) mass is 680 g/mol. The number of fused-ring (bicyclic) bond motifs is 1. The highest BCUT2D eigenvalue weighted by Crippen LogP contribution is 2.39. The molecule has 0 radical (unpaired) electrons. The Hall–Kier alpha value is -3.85. The number of hydrogen-bond acceptors (Lipinski definition) is 9. The van der Waals surface area contributed by atoms with E-state index in [9.17, 15) is 14.4 Å². The van der Waals surface area contributed by atoms with Crippen LogP contribution in [0.15, 0.2) is 54.6 Å². The van der Waals surface area contributed by atoms with Gasteiger partial charge in [-0.3, -0.25) is 9.59 Å². The van der Waals surface area contributed by atoms with Crippen molar-refractivity contribution in [3.63, 3.8) is 0 Å². The van der Waals surface area contributed by atoms with Crippen molar-refractivity contribution in [3.05, 3.63) is 60.2 Å². The Labute approximate surface area is 292 Å². The third kappa shape index (κ3) is 14.7. The van der Waals surface area contributed by atoms with Crippen molar-refractivity contribution in [3.8, 4) is 17.2 Å². The van der Waals surface area contributed by atoms with Gasteiger partial charge in [0.15, 0.2) is 0 Å². The maximum Gasteiger partial charge on any atom is 0.336 e. The molecule has 2 aliphatic rings. The number of methoxy groups -OCH3 is 1. The molecule has 49 heavy (non-hydrogen) atoms. The van der Waals surface area contributed by atoms with E-state index in [0.717, 1.165) is 69.1 Å². The largest absolute Gasteiger partial charge is 0.497 e. The van der Waals surface area contributed by atoms with E-state index in [1.54, 1.807) is 37.5 Å². The average Bonchev–Trinajstić information content (AvgIpc) is 3.90. The van der Waals surface area contributed by atoms with Crippen molar-refractivity contribution in [1.82, 2.24) is 0 Å². The van der Waals surface area contributed by atoms with Crippen LogP contribution in [0.2, 0.25) is 0 Å².